The van der Waals surface area contributed by atoms with Crippen molar-refractivity contribution in [3.63, 3.8) is 0 Å². The van der Waals surface area contributed by atoms with E-state index in [1.54, 1.807) is 18.2 Å². The Balaban J connectivity index is 1.47. The van der Waals surface area contributed by atoms with Crippen molar-refractivity contribution in [2.45, 2.75) is 44.8 Å². The Morgan fingerprint density at radius 1 is 1.04 bits per heavy atom. The number of rotatable bonds is 6. The second-order valence-corrected chi connectivity index (χ2v) is 12.8. The van der Waals surface area contributed by atoms with Crippen molar-refractivity contribution >= 4 is 44.1 Å². The smallest absolute Gasteiger partial charge is 0.345 e. The van der Waals surface area contributed by atoms with Crippen LogP contribution in [0, 0.1) is 16.7 Å². The minimum atomic E-state index is -5.29. The Bertz CT molecular complexity index is 2130. The highest BCUT2D eigenvalue weighted by molar-refractivity contribution is 7.19. The first-order chi connectivity index (χ1) is 21.7. The molecule has 1 aliphatic heterocycles. The molecular formula is C30H23ClF6N6O2S. The molecular weight excluding hydrogens is 658 g/mol. The topological polar surface area (TPSA) is 97.6 Å². The normalized spacial score (nSPS) is 15.4. The lowest BCUT2D eigenvalue weighted by atomic mass is 9.80. The molecule has 0 atom stereocenters. The molecule has 0 radical (unpaired) electrons. The molecule has 0 bridgehead atoms. The van der Waals surface area contributed by atoms with Crippen LogP contribution in [0.1, 0.15) is 23.3 Å². The molecule has 6 rings (SSSR count). The Morgan fingerprint density at radius 3 is 2.46 bits per heavy atom. The van der Waals surface area contributed by atoms with Crippen LogP contribution in [-0.4, -0.2) is 38.0 Å². The molecule has 46 heavy (non-hydrogen) atoms. The SMILES string of the molecule is N#CC1(Cn2ccc3cc(Cl)cc(-c4ccnc5cc(Cn6c(=O)c(C(F)(F)F)cn(CC(F)(F)F)c6=O)sc45)c32)CCNCC1. The Labute approximate surface area is 265 Å². The summed E-state index contributed by atoms with van der Waals surface area (Å²) in [7, 11) is 0. The van der Waals surface area contributed by atoms with Gasteiger partial charge in [0.15, 0.2) is 0 Å². The average Bonchev–Trinajstić information content (AvgIpc) is 3.59. The first-order valence-corrected chi connectivity index (χ1v) is 15.1. The van der Waals surface area contributed by atoms with E-state index in [-0.39, 0.29) is 20.2 Å². The molecule has 0 unspecified atom stereocenters. The number of hydrogen-bond donors (Lipinski definition) is 1. The summed E-state index contributed by atoms with van der Waals surface area (Å²) in [6, 6.07) is 11.1. The number of nitriles is 1. The summed E-state index contributed by atoms with van der Waals surface area (Å²) in [4.78, 5) is 30.2. The van der Waals surface area contributed by atoms with E-state index < -0.39 is 47.7 Å². The zero-order valence-electron chi connectivity index (χ0n) is 23.7. The van der Waals surface area contributed by atoms with Crippen molar-refractivity contribution in [3.8, 4) is 17.2 Å². The molecule has 5 heterocycles. The summed E-state index contributed by atoms with van der Waals surface area (Å²) >= 11 is 7.55. The highest BCUT2D eigenvalue weighted by atomic mass is 35.5. The van der Waals surface area contributed by atoms with Gasteiger partial charge in [-0.25, -0.2) is 4.79 Å². The van der Waals surface area contributed by atoms with Crippen LogP contribution in [0.2, 0.25) is 5.02 Å². The van der Waals surface area contributed by atoms with Gasteiger partial charge in [0.05, 0.1) is 33.8 Å². The first-order valence-electron chi connectivity index (χ1n) is 13.9. The van der Waals surface area contributed by atoms with Crippen LogP contribution in [0.3, 0.4) is 0 Å². The second kappa shape index (κ2) is 11.6. The molecule has 0 amide bonds. The number of alkyl halides is 6. The van der Waals surface area contributed by atoms with Gasteiger partial charge in [-0.15, -0.1) is 11.3 Å². The summed E-state index contributed by atoms with van der Waals surface area (Å²) < 4.78 is 82.8. The molecule has 0 spiro atoms. The number of halogens is 7. The predicted molar refractivity (Wildman–Crippen MR) is 161 cm³/mol. The third-order valence-electron chi connectivity index (χ3n) is 8.06. The fraction of sp³-hybridized carbons (Fsp3) is 0.333. The number of benzene rings is 1. The number of thiophene rings is 1. The molecule has 5 aromatic rings. The number of piperidine rings is 1. The van der Waals surface area contributed by atoms with E-state index in [0.717, 1.165) is 22.2 Å². The second-order valence-electron chi connectivity index (χ2n) is 11.2. The van der Waals surface area contributed by atoms with Crippen molar-refractivity contribution in [1.29, 1.82) is 5.26 Å². The highest BCUT2D eigenvalue weighted by Crippen LogP contribution is 2.41. The maximum Gasteiger partial charge on any atom is 0.423 e. The van der Waals surface area contributed by atoms with Crippen molar-refractivity contribution in [2.24, 2.45) is 5.41 Å². The van der Waals surface area contributed by atoms with Crippen LogP contribution < -0.4 is 16.6 Å². The first kappa shape index (κ1) is 31.8. The molecule has 1 N–H and O–H groups in total. The Hall–Kier alpha value is -4.13. The van der Waals surface area contributed by atoms with Crippen molar-refractivity contribution in [1.82, 2.24) is 24.0 Å². The Morgan fingerprint density at radius 2 is 1.78 bits per heavy atom. The molecule has 240 valence electrons. The van der Waals surface area contributed by atoms with Gasteiger partial charge in [0, 0.05) is 51.5 Å². The van der Waals surface area contributed by atoms with E-state index in [2.05, 4.69) is 16.4 Å². The number of aromatic nitrogens is 4. The van der Waals surface area contributed by atoms with Gasteiger partial charge in [-0.3, -0.25) is 18.9 Å². The van der Waals surface area contributed by atoms with Gasteiger partial charge < -0.3 is 9.88 Å². The van der Waals surface area contributed by atoms with E-state index >= 15 is 0 Å². The van der Waals surface area contributed by atoms with Gasteiger partial charge in [0.1, 0.15) is 12.1 Å². The molecule has 8 nitrogen and oxygen atoms in total. The van der Waals surface area contributed by atoms with Gasteiger partial charge in [-0.2, -0.15) is 31.6 Å². The molecule has 1 saturated heterocycles. The molecule has 0 aliphatic carbocycles. The van der Waals surface area contributed by atoms with Crippen molar-refractivity contribution in [3.05, 3.63) is 85.2 Å². The summed E-state index contributed by atoms with van der Waals surface area (Å²) in [5.74, 6) is 0. The van der Waals surface area contributed by atoms with Gasteiger partial charge in [-0.05, 0) is 56.3 Å². The fourth-order valence-corrected chi connectivity index (χ4v) is 7.27. The maximum absolute atomic E-state index is 13.6. The summed E-state index contributed by atoms with van der Waals surface area (Å²) in [6.45, 7) is -0.855. The number of nitrogens with zero attached hydrogens (tertiary/aromatic N) is 5. The quantitative estimate of drug-likeness (QED) is 0.209. The monoisotopic (exact) mass is 680 g/mol. The van der Waals surface area contributed by atoms with Crippen molar-refractivity contribution in [2.75, 3.05) is 13.1 Å². The third-order valence-corrected chi connectivity index (χ3v) is 9.42. The van der Waals surface area contributed by atoms with Crippen LogP contribution in [0.25, 0.3) is 32.2 Å². The summed E-state index contributed by atoms with van der Waals surface area (Å²) in [6.07, 6.45) is -5.66. The predicted octanol–water partition coefficient (Wildman–Crippen LogP) is 6.42. The average molecular weight is 681 g/mol. The lowest BCUT2D eigenvalue weighted by Crippen LogP contribution is -2.44. The van der Waals surface area contributed by atoms with Gasteiger partial charge in [-0.1, -0.05) is 11.6 Å². The van der Waals surface area contributed by atoms with Crippen LogP contribution in [-0.2, 0) is 25.8 Å². The lowest BCUT2D eigenvalue weighted by Gasteiger charge is -2.32. The fourth-order valence-electron chi connectivity index (χ4n) is 5.91. The van der Waals surface area contributed by atoms with Gasteiger partial charge >= 0.3 is 18.0 Å². The van der Waals surface area contributed by atoms with E-state index in [1.807, 2.05) is 16.8 Å². The van der Waals surface area contributed by atoms with Crippen LogP contribution in [0.5, 0.6) is 0 Å². The van der Waals surface area contributed by atoms with E-state index in [0.29, 0.717) is 58.8 Å². The highest BCUT2D eigenvalue weighted by Gasteiger charge is 2.38. The summed E-state index contributed by atoms with van der Waals surface area (Å²) in [5, 5.41) is 14.6. The van der Waals surface area contributed by atoms with Crippen molar-refractivity contribution < 1.29 is 26.3 Å². The van der Waals surface area contributed by atoms with Crippen LogP contribution in [0.15, 0.2) is 58.5 Å². The lowest BCUT2D eigenvalue weighted by molar-refractivity contribution is -0.146. The Kier molecular flexibility index (Phi) is 8.02. The molecule has 0 saturated carbocycles. The number of hydrogen-bond acceptors (Lipinski definition) is 6. The van der Waals surface area contributed by atoms with Crippen LogP contribution in [0.4, 0.5) is 26.3 Å². The number of pyridine rings is 1. The standard InChI is InChI=1S/C30H23ClF6N6O2S/c31-18-9-17-2-8-41(15-28(14-38)3-6-39-7-4-28)24(17)21(10-18)20-1-5-40-23-11-19(46-25(20)23)12-43-26(44)22(30(35,36)37)13-42(27(43)45)16-29(32,33)34/h1-2,5,8-11,13,39H,3-4,6-7,12,15-16H2. The van der Waals surface area contributed by atoms with Gasteiger partial charge in [0.25, 0.3) is 5.56 Å². The third kappa shape index (κ3) is 6.04. The van der Waals surface area contributed by atoms with Gasteiger partial charge in [0.2, 0.25) is 0 Å². The molecule has 1 aliphatic rings. The number of nitrogens with one attached hydrogen (secondary N) is 1. The van der Waals surface area contributed by atoms with E-state index in [1.165, 1.54) is 12.3 Å². The zero-order chi connectivity index (χ0) is 33.0. The largest absolute Gasteiger partial charge is 0.423 e. The minimum Gasteiger partial charge on any atom is -0.345 e. The molecule has 1 fully saturated rings. The summed E-state index contributed by atoms with van der Waals surface area (Å²) in [5.41, 5.74) is -3.22. The molecule has 4 aromatic heterocycles. The zero-order valence-corrected chi connectivity index (χ0v) is 25.2. The minimum absolute atomic E-state index is 0.0982. The molecule has 16 heteroatoms. The van der Waals surface area contributed by atoms with Crippen LogP contribution >= 0.6 is 22.9 Å². The van der Waals surface area contributed by atoms with E-state index in [9.17, 15) is 41.2 Å². The molecule has 1 aromatic carbocycles. The van der Waals surface area contributed by atoms with E-state index in [4.69, 9.17) is 11.6 Å². The maximum atomic E-state index is 13.6. The number of fused-ring (bicyclic) bond motifs is 2.